The van der Waals surface area contributed by atoms with Crippen LogP contribution in [0.25, 0.3) is 0 Å². The zero-order valence-electron chi connectivity index (χ0n) is 28.1. The zero-order chi connectivity index (χ0) is 35.3. The van der Waals surface area contributed by atoms with Gasteiger partial charge in [0.05, 0.1) is 6.54 Å². The lowest BCUT2D eigenvalue weighted by Gasteiger charge is -2.30. The number of nitrogens with two attached hydrogens (primary N) is 1. The molecule has 0 aliphatic carbocycles. The average Bonchev–Trinajstić information content (AvgIpc) is 3.11. The van der Waals surface area contributed by atoms with Crippen molar-refractivity contribution in [2.45, 2.75) is 64.1 Å². The summed E-state index contributed by atoms with van der Waals surface area (Å²) in [5, 5.41) is 0. The van der Waals surface area contributed by atoms with E-state index in [1.807, 2.05) is 43.3 Å². The van der Waals surface area contributed by atoms with E-state index in [9.17, 15) is 14.4 Å². The maximum Gasteiger partial charge on any atom is 0.321 e. The van der Waals surface area contributed by atoms with Crippen molar-refractivity contribution in [3.8, 4) is 11.5 Å². The summed E-state index contributed by atoms with van der Waals surface area (Å²) in [6.45, 7) is 10.5. The molecule has 0 spiro atoms. The highest BCUT2D eigenvalue weighted by molar-refractivity contribution is 6.26. The molecule has 3 aromatic rings. The first-order valence-electron chi connectivity index (χ1n) is 15.8. The number of rotatable bonds is 18. The van der Waals surface area contributed by atoms with Gasteiger partial charge in [0.2, 0.25) is 0 Å². The molecule has 0 radical (unpaired) electrons. The predicted octanol–water partition coefficient (Wildman–Crippen LogP) is 6.31. The van der Waals surface area contributed by atoms with Crippen LogP contribution in [0, 0.1) is 0 Å². The topological polar surface area (TPSA) is 123 Å². The third-order valence-corrected chi connectivity index (χ3v) is 8.66. The van der Waals surface area contributed by atoms with E-state index in [4.69, 9.17) is 52.6 Å². The molecule has 0 aliphatic heterocycles. The fraction of sp³-hybridized carbons (Fsp3) is 0.432. The molecule has 11 heteroatoms. The van der Waals surface area contributed by atoms with Gasteiger partial charge in [-0.1, -0.05) is 83.1 Å². The quantitative estimate of drug-likeness (QED) is 0.0923. The van der Waals surface area contributed by atoms with Gasteiger partial charge in [-0.15, -0.1) is 23.2 Å². The molecule has 0 saturated heterocycles. The third kappa shape index (κ3) is 10.9. The first kappa shape index (κ1) is 38.7. The molecule has 2 atom stereocenters. The Hall–Kier alpha value is -3.79. The lowest BCUT2D eigenvalue weighted by molar-refractivity contribution is -0.157. The summed E-state index contributed by atoms with van der Waals surface area (Å²) < 4.78 is 27.2. The number of esters is 3. The van der Waals surface area contributed by atoms with E-state index in [1.165, 1.54) is 5.56 Å². The molecule has 0 heterocycles. The Morgan fingerprint density at radius 2 is 0.979 bits per heavy atom. The summed E-state index contributed by atoms with van der Waals surface area (Å²) in [5.74, 6) is -1.08. The van der Waals surface area contributed by atoms with Gasteiger partial charge in [-0.05, 0) is 52.9 Å². The van der Waals surface area contributed by atoms with Gasteiger partial charge in [-0.25, -0.2) is 0 Å². The van der Waals surface area contributed by atoms with Gasteiger partial charge in [0, 0.05) is 10.8 Å². The lowest BCUT2D eigenvalue weighted by atomic mass is 9.74. The maximum atomic E-state index is 11.7. The molecular weight excluding hydrogens is 657 g/mol. The number of hydrogen-bond donors (Lipinski definition) is 1. The Balaban J connectivity index is 1.64. The van der Waals surface area contributed by atoms with Crippen LogP contribution in [0.2, 0.25) is 0 Å². The zero-order valence-corrected chi connectivity index (χ0v) is 29.6. The van der Waals surface area contributed by atoms with E-state index in [0.717, 1.165) is 16.7 Å². The van der Waals surface area contributed by atoms with Crippen LogP contribution in [0.15, 0.2) is 72.8 Å². The molecule has 9 nitrogen and oxygen atoms in total. The third-order valence-electron chi connectivity index (χ3n) is 8.22. The van der Waals surface area contributed by atoms with E-state index in [-0.39, 0.29) is 55.1 Å². The Kier molecular flexibility index (Phi) is 14.6. The normalized spacial score (nSPS) is 12.8. The summed E-state index contributed by atoms with van der Waals surface area (Å²) in [7, 11) is 0. The van der Waals surface area contributed by atoms with Crippen molar-refractivity contribution >= 4 is 41.1 Å². The fourth-order valence-corrected chi connectivity index (χ4v) is 5.12. The van der Waals surface area contributed by atoms with Crippen LogP contribution in [0.5, 0.6) is 11.5 Å². The number of carbonyl (C=O) groups is 3. The van der Waals surface area contributed by atoms with Crippen LogP contribution >= 0.6 is 23.2 Å². The van der Waals surface area contributed by atoms with Crippen molar-refractivity contribution < 1.29 is 38.1 Å². The standard InChI is InChI=1S/C37H45Cl2NO8/c1-6-29(47-35(43)21-40)22-44-30-15-11-27(12-16-30)36(2,3)25-7-9-26(10-8-25)37(4,5)28-13-17-31(18-14-28)45-23-32(48-34(42)20-39)24-46-33(41)19-38/h7-18,29,32H,6,19-24,40H2,1-5H3. The second-order valence-corrected chi connectivity index (χ2v) is 12.8. The average molecular weight is 703 g/mol. The molecule has 0 amide bonds. The van der Waals surface area contributed by atoms with Crippen LogP contribution in [0.3, 0.4) is 0 Å². The molecule has 0 saturated carbocycles. The van der Waals surface area contributed by atoms with Gasteiger partial charge in [0.15, 0.2) is 6.10 Å². The van der Waals surface area contributed by atoms with E-state index < -0.39 is 24.0 Å². The number of benzene rings is 3. The summed E-state index contributed by atoms with van der Waals surface area (Å²) in [5.41, 5.74) is 9.32. The largest absolute Gasteiger partial charge is 0.490 e. The van der Waals surface area contributed by atoms with Gasteiger partial charge in [0.1, 0.15) is 49.2 Å². The minimum atomic E-state index is -0.832. The highest BCUT2D eigenvalue weighted by Crippen LogP contribution is 2.36. The van der Waals surface area contributed by atoms with Crippen molar-refractivity contribution in [1.82, 2.24) is 0 Å². The molecule has 3 aromatic carbocycles. The van der Waals surface area contributed by atoms with Gasteiger partial charge >= 0.3 is 17.9 Å². The summed E-state index contributed by atoms with van der Waals surface area (Å²) in [6.07, 6.45) is -0.544. The van der Waals surface area contributed by atoms with Crippen LogP contribution in [-0.4, -0.2) is 68.2 Å². The smallest absolute Gasteiger partial charge is 0.321 e. The van der Waals surface area contributed by atoms with E-state index in [0.29, 0.717) is 17.9 Å². The number of halogens is 2. The first-order chi connectivity index (χ1) is 22.8. The van der Waals surface area contributed by atoms with E-state index in [1.54, 1.807) is 0 Å². The van der Waals surface area contributed by atoms with Gasteiger partial charge in [-0.2, -0.15) is 0 Å². The van der Waals surface area contributed by atoms with Gasteiger partial charge in [0.25, 0.3) is 0 Å². The molecule has 0 fully saturated rings. The van der Waals surface area contributed by atoms with Crippen molar-refractivity contribution in [2.75, 3.05) is 38.1 Å². The minimum Gasteiger partial charge on any atom is -0.490 e. The van der Waals surface area contributed by atoms with Crippen LogP contribution < -0.4 is 15.2 Å². The van der Waals surface area contributed by atoms with E-state index >= 15 is 0 Å². The Morgan fingerprint density at radius 3 is 1.35 bits per heavy atom. The first-order valence-corrected chi connectivity index (χ1v) is 16.8. The van der Waals surface area contributed by atoms with Gasteiger partial charge in [-0.3, -0.25) is 14.4 Å². The highest BCUT2D eigenvalue weighted by Gasteiger charge is 2.27. The number of ether oxygens (including phenoxy) is 5. The second-order valence-electron chi connectivity index (χ2n) is 12.3. The Labute approximate surface area is 292 Å². The van der Waals surface area contributed by atoms with E-state index in [2.05, 4.69) is 64.1 Å². The fourth-order valence-electron chi connectivity index (χ4n) is 4.98. The van der Waals surface area contributed by atoms with Crippen molar-refractivity contribution in [1.29, 1.82) is 0 Å². The lowest BCUT2D eigenvalue weighted by Crippen LogP contribution is -2.31. The maximum absolute atomic E-state index is 11.7. The SMILES string of the molecule is CCC(COc1ccc(C(C)(C)c2ccc(C(C)(C)c3ccc(OCC(COC(=O)CCl)OC(=O)CCl)cc3)cc2)cc1)OC(=O)CN. The molecule has 3 rings (SSSR count). The van der Waals surface area contributed by atoms with Crippen LogP contribution in [0.1, 0.15) is 63.3 Å². The van der Waals surface area contributed by atoms with Crippen LogP contribution in [-0.2, 0) is 39.4 Å². The summed E-state index contributed by atoms with van der Waals surface area (Å²) in [4.78, 5) is 34.6. The number of carbonyl (C=O) groups excluding carboxylic acids is 3. The molecule has 48 heavy (non-hydrogen) atoms. The highest BCUT2D eigenvalue weighted by atomic mass is 35.5. The van der Waals surface area contributed by atoms with Crippen molar-refractivity contribution in [3.63, 3.8) is 0 Å². The molecule has 260 valence electrons. The molecule has 2 unspecified atom stereocenters. The Morgan fingerprint density at radius 1 is 0.604 bits per heavy atom. The number of alkyl halides is 2. The summed E-state index contributed by atoms with van der Waals surface area (Å²) >= 11 is 11.0. The molecule has 0 aliphatic rings. The minimum absolute atomic E-state index is 0.0282. The summed E-state index contributed by atoms with van der Waals surface area (Å²) in [6, 6.07) is 24.3. The molecule has 2 N–H and O–H groups in total. The Bertz CT molecular complexity index is 1470. The van der Waals surface area contributed by atoms with Crippen molar-refractivity contribution in [3.05, 3.63) is 95.1 Å². The van der Waals surface area contributed by atoms with Gasteiger partial charge < -0.3 is 29.4 Å². The van der Waals surface area contributed by atoms with Crippen molar-refractivity contribution in [2.24, 2.45) is 5.73 Å². The monoisotopic (exact) mass is 701 g/mol. The number of hydrogen-bond acceptors (Lipinski definition) is 9. The second kappa shape index (κ2) is 18.1. The molecule has 0 aromatic heterocycles. The molecular formula is C37H45Cl2NO8. The molecule has 0 bridgehead atoms. The van der Waals surface area contributed by atoms with Crippen LogP contribution in [0.4, 0.5) is 0 Å². The predicted molar refractivity (Wildman–Crippen MR) is 186 cm³/mol.